The van der Waals surface area contributed by atoms with Crippen molar-refractivity contribution in [3.8, 4) is 0 Å². The summed E-state index contributed by atoms with van der Waals surface area (Å²) in [6.45, 7) is 2.25. The summed E-state index contributed by atoms with van der Waals surface area (Å²) in [7, 11) is 0. The van der Waals surface area contributed by atoms with Gasteiger partial charge in [-0.3, -0.25) is 0 Å². The summed E-state index contributed by atoms with van der Waals surface area (Å²) in [5, 5.41) is 5.87. The molecular formula is C17H14. The summed E-state index contributed by atoms with van der Waals surface area (Å²) in [6, 6.07) is 15.6. The van der Waals surface area contributed by atoms with E-state index >= 15 is 0 Å². The van der Waals surface area contributed by atoms with Gasteiger partial charge in [-0.05, 0) is 58.0 Å². The fraction of sp³-hybridized carbons (Fsp3) is 0.176. The first-order valence-electron chi connectivity index (χ1n) is 6.28. The highest BCUT2D eigenvalue weighted by Gasteiger charge is 2.18. The molecule has 0 spiro atoms. The molecule has 0 heteroatoms. The molecule has 0 radical (unpaired) electrons. The predicted molar refractivity (Wildman–Crippen MR) is 73.6 cm³/mol. The zero-order chi connectivity index (χ0) is 11.4. The highest BCUT2D eigenvalue weighted by Crippen LogP contribution is 2.38. The highest BCUT2D eigenvalue weighted by molar-refractivity contribution is 6.07. The van der Waals surface area contributed by atoms with Crippen molar-refractivity contribution in [2.75, 3.05) is 0 Å². The third-order valence-electron chi connectivity index (χ3n) is 4.16. The van der Waals surface area contributed by atoms with E-state index < -0.39 is 0 Å². The van der Waals surface area contributed by atoms with Crippen LogP contribution in [-0.4, -0.2) is 0 Å². The molecule has 0 aromatic heterocycles. The molecule has 0 saturated carbocycles. The molecule has 3 aromatic carbocycles. The normalized spacial score (nSPS) is 13.7. The quantitative estimate of drug-likeness (QED) is 0.491. The van der Waals surface area contributed by atoms with Crippen LogP contribution in [0.2, 0.25) is 0 Å². The molecule has 0 heterocycles. The van der Waals surface area contributed by atoms with E-state index in [1.165, 1.54) is 45.5 Å². The Morgan fingerprint density at radius 3 is 2.41 bits per heavy atom. The molecule has 1 aliphatic carbocycles. The standard InChI is InChI=1S/C17H14/c1-11-13-6-2-3-7-15(13)16-10-9-12-5-4-8-14(11)17(12)16/h2-8H,9-10H2,1H3. The minimum atomic E-state index is 1.20. The van der Waals surface area contributed by atoms with Crippen molar-refractivity contribution < 1.29 is 0 Å². The second-order valence-electron chi connectivity index (χ2n) is 4.99. The number of hydrogen-bond donors (Lipinski definition) is 0. The van der Waals surface area contributed by atoms with Crippen molar-refractivity contribution in [3.63, 3.8) is 0 Å². The molecule has 0 saturated heterocycles. The molecule has 0 unspecified atom stereocenters. The Labute approximate surface area is 101 Å². The molecule has 0 aliphatic heterocycles. The maximum Gasteiger partial charge on any atom is -0.0111 e. The molecule has 0 fully saturated rings. The first-order valence-corrected chi connectivity index (χ1v) is 6.28. The molecule has 0 N–H and O–H groups in total. The van der Waals surface area contributed by atoms with E-state index in [1.807, 2.05) is 0 Å². The van der Waals surface area contributed by atoms with Crippen LogP contribution in [0, 0.1) is 6.92 Å². The van der Waals surface area contributed by atoms with E-state index in [9.17, 15) is 0 Å². The largest absolute Gasteiger partial charge is 0.0616 e. The van der Waals surface area contributed by atoms with Crippen LogP contribution in [0.25, 0.3) is 21.5 Å². The van der Waals surface area contributed by atoms with Gasteiger partial charge >= 0.3 is 0 Å². The van der Waals surface area contributed by atoms with Crippen molar-refractivity contribution in [2.24, 2.45) is 0 Å². The topological polar surface area (TPSA) is 0 Å². The monoisotopic (exact) mass is 218 g/mol. The van der Waals surface area contributed by atoms with E-state index in [4.69, 9.17) is 0 Å². The maximum absolute atomic E-state index is 2.28. The zero-order valence-electron chi connectivity index (χ0n) is 9.96. The van der Waals surface area contributed by atoms with Gasteiger partial charge in [-0.25, -0.2) is 0 Å². The number of hydrogen-bond acceptors (Lipinski definition) is 0. The SMILES string of the molecule is Cc1c2ccccc2c2c3c(cccc13)CC2. The molecule has 82 valence electrons. The minimum Gasteiger partial charge on any atom is -0.0616 e. The zero-order valence-corrected chi connectivity index (χ0v) is 9.96. The van der Waals surface area contributed by atoms with Gasteiger partial charge in [-0.15, -0.1) is 0 Å². The summed E-state index contributed by atoms with van der Waals surface area (Å²) in [6.07, 6.45) is 2.41. The van der Waals surface area contributed by atoms with E-state index in [2.05, 4.69) is 49.4 Å². The van der Waals surface area contributed by atoms with Crippen LogP contribution in [0.5, 0.6) is 0 Å². The van der Waals surface area contributed by atoms with Crippen molar-refractivity contribution in [1.82, 2.24) is 0 Å². The summed E-state index contributed by atoms with van der Waals surface area (Å²) in [4.78, 5) is 0. The summed E-state index contributed by atoms with van der Waals surface area (Å²) < 4.78 is 0. The van der Waals surface area contributed by atoms with Crippen molar-refractivity contribution in [2.45, 2.75) is 19.8 Å². The second kappa shape index (κ2) is 3.10. The van der Waals surface area contributed by atoms with Gasteiger partial charge in [0.2, 0.25) is 0 Å². The summed E-state index contributed by atoms with van der Waals surface area (Å²) >= 11 is 0. The first-order chi connectivity index (χ1) is 8.36. The molecule has 0 nitrogen and oxygen atoms in total. The van der Waals surface area contributed by atoms with Crippen LogP contribution in [0.1, 0.15) is 16.7 Å². The lowest BCUT2D eigenvalue weighted by Gasteiger charge is -2.11. The van der Waals surface area contributed by atoms with Gasteiger partial charge in [0.25, 0.3) is 0 Å². The Balaban J connectivity index is 2.38. The third-order valence-corrected chi connectivity index (χ3v) is 4.16. The molecular weight excluding hydrogens is 204 g/mol. The second-order valence-corrected chi connectivity index (χ2v) is 4.99. The summed E-state index contributed by atoms with van der Waals surface area (Å²) in [5.41, 5.74) is 4.53. The van der Waals surface area contributed by atoms with Crippen LogP contribution in [0.15, 0.2) is 42.5 Å². The molecule has 1 aliphatic rings. The Bertz CT molecular complexity index is 751. The van der Waals surface area contributed by atoms with Gasteiger partial charge in [0, 0.05) is 0 Å². The smallest absolute Gasteiger partial charge is 0.0111 e. The van der Waals surface area contributed by atoms with E-state index in [-0.39, 0.29) is 0 Å². The van der Waals surface area contributed by atoms with Gasteiger partial charge in [0.1, 0.15) is 0 Å². The number of fused-ring (bicyclic) bond motifs is 2. The summed E-state index contributed by atoms with van der Waals surface area (Å²) in [5.74, 6) is 0. The Morgan fingerprint density at radius 2 is 1.53 bits per heavy atom. The lowest BCUT2D eigenvalue weighted by molar-refractivity contribution is 1.03. The van der Waals surface area contributed by atoms with Crippen LogP contribution in [-0.2, 0) is 12.8 Å². The van der Waals surface area contributed by atoms with Crippen molar-refractivity contribution >= 4 is 21.5 Å². The Kier molecular flexibility index (Phi) is 1.69. The fourth-order valence-corrected chi connectivity index (χ4v) is 3.35. The lowest BCUT2D eigenvalue weighted by Crippen LogP contribution is -1.87. The molecule has 4 rings (SSSR count). The third kappa shape index (κ3) is 1.08. The minimum absolute atomic E-state index is 1.20. The van der Waals surface area contributed by atoms with Gasteiger partial charge in [0.15, 0.2) is 0 Å². The average Bonchev–Trinajstić information content (AvgIpc) is 2.81. The van der Waals surface area contributed by atoms with Crippen LogP contribution >= 0.6 is 0 Å². The van der Waals surface area contributed by atoms with Crippen molar-refractivity contribution in [1.29, 1.82) is 0 Å². The average molecular weight is 218 g/mol. The molecule has 0 amide bonds. The number of benzene rings is 3. The van der Waals surface area contributed by atoms with Crippen LogP contribution in [0.4, 0.5) is 0 Å². The predicted octanol–water partition coefficient (Wildman–Crippen LogP) is 4.40. The molecule has 0 atom stereocenters. The fourth-order valence-electron chi connectivity index (χ4n) is 3.35. The van der Waals surface area contributed by atoms with Gasteiger partial charge in [-0.2, -0.15) is 0 Å². The maximum atomic E-state index is 2.28. The molecule has 3 aromatic rings. The Morgan fingerprint density at radius 1 is 0.765 bits per heavy atom. The van der Waals surface area contributed by atoms with Crippen molar-refractivity contribution in [3.05, 3.63) is 59.2 Å². The number of rotatable bonds is 0. The molecule has 0 bridgehead atoms. The van der Waals surface area contributed by atoms with Gasteiger partial charge in [0.05, 0.1) is 0 Å². The lowest BCUT2D eigenvalue weighted by atomic mass is 9.93. The first kappa shape index (κ1) is 9.23. The number of aryl methyl sites for hydroxylation is 3. The van der Waals surface area contributed by atoms with E-state index in [0.29, 0.717) is 0 Å². The van der Waals surface area contributed by atoms with Gasteiger partial charge in [-0.1, -0.05) is 42.5 Å². The van der Waals surface area contributed by atoms with Gasteiger partial charge < -0.3 is 0 Å². The van der Waals surface area contributed by atoms with Crippen LogP contribution in [0.3, 0.4) is 0 Å². The van der Waals surface area contributed by atoms with Crippen LogP contribution < -0.4 is 0 Å². The Hall–Kier alpha value is -1.82. The van der Waals surface area contributed by atoms with E-state index in [0.717, 1.165) is 0 Å². The highest BCUT2D eigenvalue weighted by atomic mass is 14.2. The van der Waals surface area contributed by atoms with E-state index in [1.54, 1.807) is 5.56 Å². The molecule has 17 heavy (non-hydrogen) atoms.